The summed E-state index contributed by atoms with van der Waals surface area (Å²) in [5.41, 5.74) is 12.4. The van der Waals surface area contributed by atoms with Crippen LogP contribution in [-0.4, -0.2) is 0 Å². The third-order valence-electron chi connectivity index (χ3n) is 8.80. The predicted molar refractivity (Wildman–Crippen MR) is 190 cm³/mol. The molecular formula is C44H26N2O. The number of hydrogen-bond donors (Lipinski definition) is 0. The Morgan fingerprint density at radius 3 is 1.43 bits per heavy atom. The third kappa shape index (κ3) is 4.94. The minimum absolute atomic E-state index is 0.591. The number of fused-ring (bicyclic) bond motifs is 3. The first kappa shape index (κ1) is 27.8. The molecule has 8 rings (SSSR count). The summed E-state index contributed by atoms with van der Waals surface area (Å²) < 4.78 is 6.25. The van der Waals surface area contributed by atoms with Crippen molar-refractivity contribution in [1.29, 1.82) is 10.5 Å². The van der Waals surface area contributed by atoms with Gasteiger partial charge in [0.05, 0.1) is 11.1 Å². The molecule has 0 saturated carbocycles. The average molecular weight is 599 g/mol. The first-order chi connectivity index (χ1) is 23.2. The summed E-state index contributed by atoms with van der Waals surface area (Å²) in [5, 5.41) is 22.6. The fourth-order valence-electron chi connectivity index (χ4n) is 6.50. The van der Waals surface area contributed by atoms with Gasteiger partial charge in [0.25, 0.3) is 0 Å². The first-order valence-electron chi connectivity index (χ1n) is 15.5. The van der Waals surface area contributed by atoms with Gasteiger partial charge in [-0.25, -0.2) is 0 Å². The standard InChI is InChI=1S/C44H26N2O/c45-27-40-37(32-14-8-3-9-15-32)25-35(26-38(40)33-18-16-30(17-19-33)29-10-4-1-5-11-29)34-20-22-42-39(24-34)44-41(28-46)36(21-23-43(44)47-42)31-12-6-2-7-13-31/h1-26H. The largest absolute Gasteiger partial charge is 0.456 e. The highest BCUT2D eigenvalue weighted by Crippen LogP contribution is 2.41. The van der Waals surface area contributed by atoms with Gasteiger partial charge in [0.1, 0.15) is 23.3 Å². The Morgan fingerprint density at radius 2 is 0.830 bits per heavy atom. The van der Waals surface area contributed by atoms with Crippen molar-refractivity contribution in [3.05, 3.63) is 169 Å². The number of nitrogens with zero attached hydrogens (tertiary/aromatic N) is 2. The van der Waals surface area contributed by atoms with Gasteiger partial charge in [-0.2, -0.15) is 10.5 Å². The van der Waals surface area contributed by atoms with Gasteiger partial charge in [-0.3, -0.25) is 0 Å². The molecule has 0 N–H and O–H groups in total. The molecule has 1 aromatic heterocycles. The van der Waals surface area contributed by atoms with Crippen molar-refractivity contribution in [2.24, 2.45) is 0 Å². The maximum Gasteiger partial charge on any atom is 0.136 e. The van der Waals surface area contributed by atoms with Crippen LogP contribution >= 0.6 is 0 Å². The van der Waals surface area contributed by atoms with Gasteiger partial charge in [0.15, 0.2) is 0 Å². The third-order valence-corrected chi connectivity index (χ3v) is 8.80. The molecule has 0 saturated heterocycles. The monoisotopic (exact) mass is 598 g/mol. The lowest BCUT2D eigenvalue weighted by Gasteiger charge is -2.15. The van der Waals surface area contributed by atoms with Crippen LogP contribution in [0.3, 0.4) is 0 Å². The normalized spacial score (nSPS) is 10.9. The van der Waals surface area contributed by atoms with Gasteiger partial charge in [0.2, 0.25) is 0 Å². The zero-order valence-electron chi connectivity index (χ0n) is 25.3. The second-order valence-electron chi connectivity index (χ2n) is 11.5. The van der Waals surface area contributed by atoms with Crippen molar-refractivity contribution in [2.75, 3.05) is 0 Å². The smallest absolute Gasteiger partial charge is 0.136 e. The van der Waals surface area contributed by atoms with Crippen molar-refractivity contribution in [2.45, 2.75) is 0 Å². The van der Waals surface area contributed by atoms with Crippen LogP contribution < -0.4 is 0 Å². The lowest BCUT2D eigenvalue weighted by molar-refractivity contribution is 0.669. The summed E-state index contributed by atoms with van der Waals surface area (Å²) in [5.74, 6) is 0. The Kier molecular flexibility index (Phi) is 6.92. The van der Waals surface area contributed by atoms with Gasteiger partial charge >= 0.3 is 0 Å². The molecule has 8 aromatic rings. The van der Waals surface area contributed by atoms with E-state index in [0.29, 0.717) is 16.7 Å². The molecule has 7 aromatic carbocycles. The predicted octanol–water partition coefficient (Wildman–Crippen LogP) is 11.7. The van der Waals surface area contributed by atoms with Crippen LogP contribution in [0.1, 0.15) is 11.1 Å². The molecule has 3 nitrogen and oxygen atoms in total. The van der Waals surface area contributed by atoms with E-state index in [-0.39, 0.29) is 0 Å². The fourth-order valence-corrected chi connectivity index (χ4v) is 6.50. The van der Waals surface area contributed by atoms with Crippen LogP contribution in [0.2, 0.25) is 0 Å². The molecule has 0 amide bonds. The van der Waals surface area contributed by atoms with E-state index in [1.807, 2.05) is 103 Å². The number of hydrogen-bond acceptors (Lipinski definition) is 3. The first-order valence-corrected chi connectivity index (χ1v) is 15.5. The van der Waals surface area contributed by atoms with Crippen molar-refractivity contribution < 1.29 is 4.42 Å². The fraction of sp³-hybridized carbons (Fsp3) is 0. The maximum absolute atomic E-state index is 10.5. The molecule has 1 heterocycles. The zero-order valence-corrected chi connectivity index (χ0v) is 25.3. The summed E-state index contributed by atoms with van der Waals surface area (Å²) in [4.78, 5) is 0. The second-order valence-corrected chi connectivity index (χ2v) is 11.5. The van der Waals surface area contributed by atoms with E-state index in [2.05, 4.69) is 66.7 Å². The molecule has 0 aliphatic heterocycles. The molecule has 47 heavy (non-hydrogen) atoms. The summed E-state index contributed by atoms with van der Waals surface area (Å²) in [7, 11) is 0. The van der Waals surface area contributed by atoms with Crippen LogP contribution in [0, 0.1) is 22.7 Å². The van der Waals surface area contributed by atoms with E-state index < -0.39 is 0 Å². The molecule has 218 valence electrons. The highest BCUT2D eigenvalue weighted by Gasteiger charge is 2.19. The van der Waals surface area contributed by atoms with Crippen LogP contribution in [0.5, 0.6) is 0 Å². The van der Waals surface area contributed by atoms with Gasteiger partial charge in [-0.1, -0.05) is 121 Å². The number of rotatable bonds is 5. The second kappa shape index (κ2) is 11.7. The van der Waals surface area contributed by atoms with E-state index in [1.54, 1.807) is 0 Å². The molecule has 0 bridgehead atoms. The summed E-state index contributed by atoms with van der Waals surface area (Å²) in [6.45, 7) is 0. The van der Waals surface area contributed by atoms with Crippen LogP contribution in [0.15, 0.2) is 162 Å². The zero-order chi connectivity index (χ0) is 31.7. The van der Waals surface area contributed by atoms with Crippen molar-refractivity contribution >= 4 is 21.9 Å². The Labute approximate surface area is 272 Å². The van der Waals surface area contributed by atoms with E-state index in [9.17, 15) is 10.5 Å². The van der Waals surface area contributed by atoms with Crippen LogP contribution in [0.4, 0.5) is 0 Å². The molecule has 0 unspecified atom stereocenters. The molecule has 0 fully saturated rings. The maximum atomic E-state index is 10.5. The SMILES string of the molecule is N#Cc1c(-c2ccccc2)cc(-c2ccc3oc4ccc(-c5ccccc5)c(C#N)c4c3c2)cc1-c1ccc(-c2ccccc2)cc1. The Hall–Kier alpha value is -6.68. The highest BCUT2D eigenvalue weighted by molar-refractivity contribution is 6.11. The molecular weight excluding hydrogens is 572 g/mol. The van der Waals surface area contributed by atoms with Gasteiger partial charge < -0.3 is 4.42 Å². The lowest BCUT2D eigenvalue weighted by Crippen LogP contribution is -1.93. The van der Waals surface area contributed by atoms with Gasteiger partial charge in [0, 0.05) is 27.5 Å². The van der Waals surface area contributed by atoms with Gasteiger partial charge in [-0.05, 0) is 75.3 Å². The summed E-state index contributed by atoms with van der Waals surface area (Å²) in [6.07, 6.45) is 0. The van der Waals surface area contributed by atoms with Crippen molar-refractivity contribution in [1.82, 2.24) is 0 Å². The van der Waals surface area contributed by atoms with Crippen molar-refractivity contribution in [3.63, 3.8) is 0 Å². The lowest BCUT2D eigenvalue weighted by atomic mass is 9.87. The highest BCUT2D eigenvalue weighted by atomic mass is 16.3. The molecule has 3 heteroatoms. The Balaban J connectivity index is 1.34. The number of furan rings is 1. The molecule has 0 atom stereocenters. The van der Waals surface area contributed by atoms with E-state index in [0.717, 1.165) is 72.0 Å². The molecule has 0 aliphatic carbocycles. The Bertz CT molecular complexity index is 2500. The quantitative estimate of drug-likeness (QED) is 0.198. The topological polar surface area (TPSA) is 60.7 Å². The number of benzene rings is 7. The van der Waals surface area contributed by atoms with Crippen LogP contribution in [-0.2, 0) is 0 Å². The summed E-state index contributed by atoms with van der Waals surface area (Å²) >= 11 is 0. The minimum Gasteiger partial charge on any atom is -0.456 e. The molecule has 0 radical (unpaired) electrons. The van der Waals surface area contributed by atoms with Crippen LogP contribution in [0.25, 0.3) is 77.6 Å². The van der Waals surface area contributed by atoms with E-state index in [1.165, 1.54) is 0 Å². The van der Waals surface area contributed by atoms with E-state index in [4.69, 9.17) is 4.42 Å². The van der Waals surface area contributed by atoms with Gasteiger partial charge in [-0.15, -0.1) is 0 Å². The molecule has 0 spiro atoms. The molecule has 0 aliphatic rings. The van der Waals surface area contributed by atoms with Crippen molar-refractivity contribution in [3.8, 4) is 67.8 Å². The minimum atomic E-state index is 0.591. The Morgan fingerprint density at radius 1 is 0.362 bits per heavy atom. The average Bonchev–Trinajstić information content (AvgIpc) is 3.53. The van der Waals surface area contributed by atoms with E-state index >= 15 is 0 Å². The summed E-state index contributed by atoms with van der Waals surface area (Å²) in [6, 6.07) is 57.9. The number of nitriles is 2.